The largest absolute Gasteiger partial charge is 0.478 e. The highest BCUT2D eigenvalue weighted by atomic mass is 19.1. The van der Waals surface area contributed by atoms with Crippen molar-refractivity contribution in [2.75, 3.05) is 5.32 Å². The van der Waals surface area contributed by atoms with Gasteiger partial charge in [0.05, 0.1) is 16.2 Å². The average molecular weight is 394 g/mol. The van der Waals surface area contributed by atoms with E-state index in [1.807, 2.05) is 6.92 Å². The Kier molecular flexibility index (Phi) is 5.87. The first kappa shape index (κ1) is 20.0. The lowest BCUT2D eigenvalue weighted by atomic mass is 9.87. The summed E-state index contributed by atoms with van der Waals surface area (Å²) in [5.74, 6) is -1.79. The molecule has 1 unspecified atom stereocenters. The van der Waals surface area contributed by atoms with Crippen LogP contribution in [0.25, 0.3) is 0 Å². The van der Waals surface area contributed by atoms with E-state index in [4.69, 9.17) is 0 Å². The number of aromatic carboxylic acids is 1. The number of nitrogens with one attached hydrogen (secondary N) is 1. The molecule has 0 saturated heterocycles. The van der Waals surface area contributed by atoms with Crippen LogP contribution in [0.15, 0.2) is 66.7 Å². The smallest absolute Gasteiger partial charge is 0.337 e. The number of benzene rings is 3. The van der Waals surface area contributed by atoms with E-state index in [0.717, 1.165) is 5.56 Å². The molecule has 0 aliphatic carbocycles. The van der Waals surface area contributed by atoms with E-state index in [0.29, 0.717) is 23.4 Å². The van der Waals surface area contributed by atoms with E-state index in [2.05, 4.69) is 5.32 Å². The molecule has 2 N–H and O–H groups in total. The van der Waals surface area contributed by atoms with Crippen LogP contribution in [-0.2, 0) is 0 Å². The maximum atomic E-state index is 13.2. The summed E-state index contributed by atoms with van der Waals surface area (Å²) in [7, 11) is 0. The van der Waals surface area contributed by atoms with E-state index < -0.39 is 16.7 Å². The molecule has 7 heteroatoms. The summed E-state index contributed by atoms with van der Waals surface area (Å²) in [6.07, 6.45) is 0.591. The van der Waals surface area contributed by atoms with Gasteiger partial charge in [0.25, 0.3) is 5.69 Å². The zero-order valence-electron chi connectivity index (χ0n) is 15.6. The van der Waals surface area contributed by atoms with E-state index >= 15 is 0 Å². The number of anilines is 2. The highest BCUT2D eigenvalue weighted by Crippen LogP contribution is 2.36. The van der Waals surface area contributed by atoms with Gasteiger partial charge >= 0.3 is 5.97 Å². The monoisotopic (exact) mass is 394 g/mol. The van der Waals surface area contributed by atoms with Crippen molar-refractivity contribution in [1.29, 1.82) is 0 Å². The normalized spacial score (nSPS) is 11.7. The molecule has 3 aromatic rings. The predicted molar refractivity (Wildman–Crippen MR) is 108 cm³/mol. The number of para-hydroxylation sites is 1. The fourth-order valence-corrected chi connectivity index (χ4v) is 3.34. The van der Waals surface area contributed by atoms with E-state index in [1.54, 1.807) is 30.3 Å². The van der Waals surface area contributed by atoms with Crippen molar-refractivity contribution in [3.05, 3.63) is 99.4 Å². The second-order valence-corrected chi connectivity index (χ2v) is 6.52. The van der Waals surface area contributed by atoms with Crippen molar-refractivity contribution >= 4 is 23.0 Å². The van der Waals surface area contributed by atoms with E-state index in [-0.39, 0.29) is 17.2 Å². The number of nitro benzene ring substituents is 1. The molecule has 0 spiro atoms. The zero-order chi connectivity index (χ0) is 21.0. The average Bonchev–Trinajstić information content (AvgIpc) is 2.70. The van der Waals surface area contributed by atoms with Crippen molar-refractivity contribution in [2.24, 2.45) is 0 Å². The minimum atomic E-state index is -1.11. The number of hydrogen-bond donors (Lipinski definition) is 2. The number of hydrogen-bond acceptors (Lipinski definition) is 4. The number of halogens is 1. The SMILES string of the molecule is CCC(c1ccc(C(=O)O)c(Nc2ccc(F)cc2)c1)c1ccccc1[N+](=O)[O-]. The Balaban J connectivity index is 2.06. The molecular weight excluding hydrogens is 375 g/mol. The van der Waals surface area contributed by atoms with Gasteiger partial charge in [0.1, 0.15) is 5.82 Å². The highest BCUT2D eigenvalue weighted by Gasteiger charge is 2.23. The summed E-state index contributed by atoms with van der Waals surface area (Å²) < 4.78 is 13.2. The van der Waals surface area contributed by atoms with Crippen molar-refractivity contribution in [2.45, 2.75) is 19.3 Å². The third-order valence-corrected chi connectivity index (χ3v) is 4.72. The maximum Gasteiger partial charge on any atom is 0.337 e. The maximum absolute atomic E-state index is 13.2. The zero-order valence-corrected chi connectivity index (χ0v) is 15.6. The molecule has 0 saturated carbocycles. The van der Waals surface area contributed by atoms with Crippen LogP contribution in [0.2, 0.25) is 0 Å². The van der Waals surface area contributed by atoms with Gasteiger partial charge in [-0.1, -0.05) is 31.2 Å². The van der Waals surface area contributed by atoms with Crippen LogP contribution >= 0.6 is 0 Å². The quantitative estimate of drug-likeness (QED) is 0.395. The minimum Gasteiger partial charge on any atom is -0.478 e. The van der Waals surface area contributed by atoms with E-state index in [1.165, 1.54) is 36.4 Å². The Hall–Kier alpha value is -3.74. The molecule has 0 aromatic heterocycles. The number of carboxylic acids is 1. The fourth-order valence-electron chi connectivity index (χ4n) is 3.34. The third kappa shape index (κ3) is 4.40. The van der Waals surface area contributed by atoms with Gasteiger partial charge in [0, 0.05) is 23.2 Å². The van der Waals surface area contributed by atoms with Crippen LogP contribution in [0.1, 0.15) is 40.7 Å². The van der Waals surface area contributed by atoms with Crippen molar-refractivity contribution in [3.8, 4) is 0 Å². The van der Waals surface area contributed by atoms with Gasteiger partial charge in [-0.2, -0.15) is 0 Å². The van der Waals surface area contributed by atoms with Crippen LogP contribution in [-0.4, -0.2) is 16.0 Å². The van der Waals surface area contributed by atoms with Crippen molar-refractivity contribution in [1.82, 2.24) is 0 Å². The van der Waals surface area contributed by atoms with Crippen molar-refractivity contribution < 1.29 is 19.2 Å². The van der Waals surface area contributed by atoms with Crippen LogP contribution < -0.4 is 5.32 Å². The topological polar surface area (TPSA) is 92.5 Å². The first-order chi connectivity index (χ1) is 13.9. The fraction of sp³-hybridized carbons (Fsp3) is 0.136. The molecule has 0 heterocycles. The molecule has 29 heavy (non-hydrogen) atoms. The number of rotatable bonds is 7. The van der Waals surface area contributed by atoms with Crippen molar-refractivity contribution in [3.63, 3.8) is 0 Å². The second kappa shape index (κ2) is 8.52. The van der Waals surface area contributed by atoms with Crippen LogP contribution in [0.3, 0.4) is 0 Å². The Morgan fingerprint density at radius 2 is 1.83 bits per heavy atom. The molecule has 0 bridgehead atoms. The lowest BCUT2D eigenvalue weighted by Crippen LogP contribution is -2.07. The van der Waals surface area contributed by atoms with Crippen LogP contribution in [0.5, 0.6) is 0 Å². The lowest BCUT2D eigenvalue weighted by molar-refractivity contribution is -0.385. The number of carboxylic acid groups (broad SMARTS) is 1. The van der Waals surface area contributed by atoms with Gasteiger partial charge in [0.2, 0.25) is 0 Å². The molecular formula is C22H19FN2O4. The summed E-state index contributed by atoms with van der Waals surface area (Å²) in [4.78, 5) is 22.7. The predicted octanol–water partition coefficient (Wildman–Crippen LogP) is 5.72. The molecule has 0 radical (unpaired) electrons. The summed E-state index contributed by atoms with van der Waals surface area (Å²) in [5.41, 5.74) is 2.25. The molecule has 0 fully saturated rings. The summed E-state index contributed by atoms with van der Waals surface area (Å²) in [6, 6.07) is 16.9. The lowest BCUT2D eigenvalue weighted by Gasteiger charge is -2.19. The standard InChI is InChI=1S/C22H19FN2O4/c1-2-17(18-5-3-4-6-21(18)25(28)29)14-7-12-19(22(26)27)20(13-14)24-16-10-8-15(23)9-11-16/h3-13,17,24H,2H2,1H3,(H,26,27). The Labute approximate surface area is 166 Å². The van der Waals surface area contributed by atoms with Gasteiger partial charge in [-0.15, -0.1) is 0 Å². The molecule has 6 nitrogen and oxygen atoms in total. The van der Waals surface area contributed by atoms with Gasteiger partial charge < -0.3 is 10.4 Å². The minimum absolute atomic E-state index is 0.0229. The second-order valence-electron chi connectivity index (χ2n) is 6.52. The highest BCUT2D eigenvalue weighted by molar-refractivity contribution is 5.95. The van der Waals surface area contributed by atoms with Gasteiger partial charge in [-0.3, -0.25) is 10.1 Å². The molecule has 0 amide bonds. The molecule has 0 aliphatic rings. The van der Waals surface area contributed by atoms with Gasteiger partial charge in [-0.25, -0.2) is 9.18 Å². The molecule has 1 atom stereocenters. The molecule has 3 rings (SSSR count). The molecule has 148 valence electrons. The van der Waals surface area contributed by atoms with Crippen LogP contribution in [0.4, 0.5) is 21.5 Å². The van der Waals surface area contributed by atoms with Gasteiger partial charge in [-0.05, 0) is 48.4 Å². The van der Waals surface area contributed by atoms with E-state index in [9.17, 15) is 24.4 Å². The Bertz CT molecular complexity index is 1050. The molecule has 3 aromatic carbocycles. The third-order valence-electron chi connectivity index (χ3n) is 4.72. The first-order valence-corrected chi connectivity index (χ1v) is 9.03. The first-order valence-electron chi connectivity index (χ1n) is 9.03. The number of nitro groups is 1. The molecule has 0 aliphatic heterocycles. The van der Waals surface area contributed by atoms with Crippen LogP contribution in [0, 0.1) is 15.9 Å². The Morgan fingerprint density at radius 3 is 2.45 bits per heavy atom. The summed E-state index contributed by atoms with van der Waals surface area (Å²) >= 11 is 0. The number of nitrogens with zero attached hydrogens (tertiary/aromatic N) is 1. The summed E-state index contributed by atoms with van der Waals surface area (Å²) in [5, 5.41) is 24.0. The Morgan fingerprint density at radius 1 is 1.14 bits per heavy atom. The number of carbonyl (C=O) groups is 1. The summed E-state index contributed by atoms with van der Waals surface area (Å²) in [6.45, 7) is 1.92. The van der Waals surface area contributed by atoms with Gasteiger partial charge in [0.15, 0.2) is 0 Å².